The highest BCUT2D eigenvalue weighted by Crippen LogP contribution is 2.23. The Kier molecular flexibility index (Phi) is 7.88. The molecule has 0 radical (unpaired) electrons. The van der Waals surface area contributed by atoms with E-state index in [1.807, 2.05) is 25.1 Å². The first-order valence-electron chi connectivity index (χ1n) is 8.24. The quantitative estimate of drug-likeness (QED) is 0.606. The summed E-state index contributed by atoms with van der Waals surface area (Å²) in [4.78, 5) is 24.0. The topological polar surface area (TPSA) is 67.4 Å². The highest BCUT2D eigenvalue weighted by molar-refractivity contribution is 9.10. The lowest BCUT2D eigenvalue weighted by Gasteiger charge is -2.09. The molecular formula is C20H20BrClN2O3. The second-order valence-corrected chi connectivity index (χ2v) is 7.12. The predicted molar refractivity (Wildman–Crippen MR) is 112 cm³/mol. The summed E-state index contributed by atoms with van der Waals surface area (Å²) in [5, 5.41) is 6.06. The Morgan fingerprint density at radius 2 is 2.00 bits per heavy atom. The highest BCUT2D eigenvalue weighted by atomic mass is 79.9. The summed E-state index contributed by atoms with van der Waals surface area (Å²) in [6.45, 7) is 2.15. The Bertz CT molecular complexity index is 868. The Hall–Kier alpha value is -2.31. The van der Waals surface area contributed by atoms with Crippen LogP contribution in [0.2, 0.25) is 5.02 Å². The molecule has 0 aliphatic carbocycles. The molecule has 5 nitrogen and oxygen atoms in total. The molecule has 0 aliphatic rings. The predicted octanol–water partition coefficient (Wildman–Crippen LogP) is 4.58. The van der Waals surface area contributed by atoms with Crippen LogP contribution in [0.5, 0.6) is 5.75 Å². The van der Waals surface area contributed by atoms with Gasteiger partial charge in [-0.15, -0.1) is 0 Å². The van der Waals surface area contributed by atoms with Crippen LogP contribution in [0.15, 0.2) is 46.9 Å². The summed E-state index contributed by atoms with van der Waals surface area (Å²) in [7, 11) is 1.55. The maximum absolute atomic E-state index is 12.0. The molecular weight excluding hydrogens is 432 g/mol. The molecule has 27 heavy (non-hydrogen) atoms. The van der Waals surface area contributed by atoms with Crippen LogP contribution in [-0.2, 0) is 9.59 Å². The van der Waals surface area contributed by atoms with E-state index in [0.717, 1.165) is 15.7 Å². The van der Waals surface area contributed by atoms with Crippen LogP contribution in [0.3, 0.4) is 0 Å². The average molecular weight is 452 g/mol. The first kappa shape index (κ1) is 21.0. The summed E-state index contributed by atoms with van der Waals surface area (Å²) in [6, 6.07) is 10.8. The van der Waals surface area contributed by atoms with Crippen molar-refractivity contribution < 1.29 is 14.3 Å². The molecule has 2 rings (SSSR count). The first-order chi connectivity index (χ1) is 12.9. The third-order valence-corrected chi connectivity index (χ3v) is 4.46. The van der Waals surface area contributed by atoms with Crippen LogP contribution in [0.25, 0.3) is 6.08 Å². The number of hydrogen-bond acceptors (Lipinski definition) is 3. The van der Waals surface area contributed by atoms with Gasteiger partial charge in [0, 0.05) is 39.8 Å². The molecule has 0 bridgehead atoms. The van der Waals surface area contributed by atoms with E-state index in [-0.39, 0.29) is 24.8 Å². The number of anilines is 1. The number of nitrogens with one attached hydrogen (secondary N) is 2. The zero-order valence-electron chi connectivity index (χ0n) is 15.0. The summed E-state index contributed by atoms with van der Waals surface area (Å²) < 4.78 is 6.11. The second kappa shape index (κ2) is 10.1. The van der Waals surface area contributed by atoms with Crippen LogP contribution >= 0.6 is 27.5 Å². The summed E-state index contributed by atoms with van der Waals surface area (Å²) in [6.07, 6.45) is 3.17. The second-order valence-electron chi connectivity index (χ2n) is 5.77. The van der Waals surface area contributed by atoms with E-state index < -0.39 is 0 Å². The molecule has 142 valence electrons. The summed E-state index contributed by atoms with van der Waals surface area (Å²) in [5.41, 5.74) is 2.41. The molecule has 7 heteroatoms. The van der Waals surface area contributed by atoms with E-state index in [4.69, 9.17) is 16.3 Å². The minimum absolute atomic E-state index is 0.169. The maximum Gasteiger partial charge on any atom is 0.244 e. The maximum atomic E-state index is 12.0. The van der Waals surface area contributed by atoms with Gasteiger partial charge in [-0.25, -0.2) is 0 Å². The van der Waals surface area contributed by atoms with Gasteiger partial charge in [0.2, 0.25) is 11.8 Å². The normalized spacial score (nSPS) is 10.7. The van der Waals surface area contributed by atoms with Crippen LogP contribution in [0.4, 0.5) is 5.69 Å². The van der Waals surface area contributed by atoms with Crippen molar-refractivity contribution in [2.45, 2.75) is 13.3 Å². The van der Waals surface area contributed by atoms with Gasteiger partial charge in [0.05, 0.1) is 7.11 Å². The zero-order valence-corrected chi connectivity index (χ0v) is 17.4. The minimum Gasteiger partial charge on any atom is -0.496 e. The molecule has 2 aromatic carbocycles. The minimum atomic E-state index is -0.302. The molecule has 2 amide bonds. The Morgan fingerprint density at radius 1 is 1.22 bits per heavy atom. The van der Waals surface area contributed by atoms with Crippen molar-refractivity contribution in [3.63, 3.8) is 0 Å². The number of hydrogen-bond donors (Lipinski definition) is 2. The SMILES string of the molecule is COc1ccc(Cl)cc1/C=C/C(=O)NCCC(=O)Nc1cc(Br)ccc1C. The van der Waals surface area contributed by atoms with Crippen LogP contribution in [-0.4, -0.2) is 25.5 Å². The van der Waals surface area contributed by atoms with E-state index in [2.05, 4.69) is 26.6 Å². The fraction of sp³-hybridized carbons (Fsp3) is 0.200. The van der Waals surface area contributed by atoms with E-state index in [1.165, 1.54) is 6.08 Å². The molecule has 0 saturated heterocycles. The van der Waals surface area contributed by atoms with E-state index in [0.29, 0.717) is 16.3 Å². The number of carbonyl (C=O) groups excluding carboxylic acids is 2. The Morgan fingerprint density at radius 3 is 2.74 bits per heavy atom. The molecule has 2 N–H and O–H groups in total. The lowest BCUT2D eigenvalue weighted by atomic mass is 10.2. The van der Waals surface area contributed by atoms with Gasteiger partial charge in [-0.3, -0.25) is 9.59 Å². The van der Waals surface area contributed by atoms with Crippen molar-refractivity contribution in [1.29, 1.82) is 0 Å². The third-order valence-electron chi connectivity index (χ3n) is 3.73. The molecule has 0 aromatic heterocycles. The highest BCUT2D eigenvalue weighted by Gasteiger charge is 2.06. The van der Waals surface area contributed by atoms with Crippen molar-refractivity contribution in [3.05, 3.63) is 63.1 Å². The molecule has 0 saturated carbocycles. The summed E-state index contributed by atoms with van der Waals surface area (Å²) in [5.74, 6) is 0.146. The van der Waals surface area contributed by atoms with Gasteiger partial charge < -0.3 is 15.4 Å². The number of rotatable bonds is 7. The lowest BCUT2D eigenvalue weighted by molar-refractivity contribution is -0.117. The third kappa shape index (κ3) is 6.73. The smallest absolute Gasteiger partial charge is 0.244 e. The first-order valence-corrected chi connectivity index (χ1v) is 9.41. The monoisotopic (exact) mass is 450 g/mol. The molecule has 0 aliphatic heterocycles. The van der Waals surface area contributed by atoms with Crippen molar-refractivity contribution in [3.8, 4) is 5.75 Å². The van der Waals surface area contributed by atoms with Gasteiger partial charge in [-0.2, -0.15) is 0 Å². The van der Waals surface area contributed by atoms with Gasteiger partial charge in [0.1, 0.15) is 5.75 Å². The standard InChI is InChI=1S/C20H20BrClN2O3/c1-13-3-5-15(21)12-17(13)24-20(26)9-10-23-19(25)8-4-14-11-16(22)6-7-18(14)27-2/h3-8,11-12H,9-10H2,1-2H3,(H,23,25)(H,24,26)/b8-4+. The van der Waals surface area contributed by atoms with Gasteiger partial charge >= 0.3 is 0 Å². The number of carbonyl (C=O) groups is 2. The fourth-order valence-corrected chi connectivity index (χ4v) is 2.84. The molecule has 2 aromatic rings. The van der Waals surface area contributed by atoms with Crippen LogP contribution in [0.1, 0.15) is 17.5 Å². The largest absolute Gasteiger partial charge is 0.496 e. The number of benzene rings is 2. The Balaban J connectivity index is 1.83. The van der Waals surface area contributed by atoms with Gasteiger partial charge in [-0.05, 0) is 48.9 Å². The van der Waals surface area contributed by atoms with Crippen LogP contribution < -0.4 is 15.4 Å². The van der Waals surface area contributed by atoms with E-state index in [9.17, 15) is 9.59 Å². The van der Waals surface area contributed by atoms with Gasteiger partial charge in [0.25, 0.3) is 0 Å². The molecule has 0 fully saturated rings. The molecule has 0 spiro atoms. The summed E-state index contributed by atoms with van der Waals surface area (Å²) >= 11 is 9.33. The number of ether oxygens (including phenoxy) is 1. The van der Waals surface area contributed by atoms with Crippen LogP contribution in [0, 0.1) is 6.92 Å². The fourth-order valence-electron chi connectivity index (χ4n) is 2.30. The molecule has 0 heterocycles. The lowest BCUT2D eigenvalue weighted by Crippen LogP contribution is -2.26. The van der Waals surface area contributed by atoms with Gasteiger partial charge in [0.15, 0.2) is 0 Å². The number of methoxy groups -OCH3 is 1. The van der Waals surface area contributed by atoms with E-state index in [1.54, 1.807) is 31.4 Å². The number of aryl methyl sites for hydroxylation is 1. The van der Waals surface area contributed by atoms with Crippen molar-refractivity contribution in [2.24, 2.45) is 0 Å². The number of amides is 2. The van der Waals surface area contributed by atoms with Crippen molar-refractivity contribution >= 4 is 51.1 Å². The van der Waals surface area contributed by atoms with Gasteiger partial charge in [-0.1, -0.05) is 33.6 Å². The van der Waals surface area contributed by atoms with Crippen molar-refractivity contribution in [2.75, 3.05) is 19.0 Å². The Labute approximate surface area is 171 Å². The molecule has 0 atom stereocenters. The average Bonchev–Trinajstić information content (AvgIpc) is 2.63. The molecule has 0 unspecified atom stereocenters. The zero-order chi connectivity index (χ0) is 19.8. The number of halogens is 2. The van der Waals surface area contributed by atoms with Crippen molar-refractivity contribution in [1.82, 2.24) is 5.32 Å². The van der Waals surface area contributed by atoms with E-state index >= 15 is 0 Å².